The molecule has 11 heteroatoms. The van der Waals surface area contributed by atoms with E-state index in [9.17, 15) is 18.1 Å². The number of hydrogen-bond acceptors (Lipinski definition) is 8. The Hall–Kier alpha value is -3.67. The van der Waals surface area contributed by atoms with Crippen LogP contribution in [0.4, 0.5) is 5.69 Å². The van der Waals surface area contributed by atoms with Crippen molar-refractivity contribution >= 4 is 38.6 Å². The van der Waals surface area contributed by atoms with Gasteiger partial charge in [-0.2, -0.15) is 8.42 Å². The van der Waals surface area contributed by atoms with Crippen LogP contribution in [0, 0.1) is 4.91 Å². The van der Waals surface area contributed by atoms with Crippen LogP contribution in [0.3, 0.4) is 0 Å². The van der Waals surface area contributed by atoms with Gasteiger partial charge in [0.15, 0.2) is 0 Å². The Kier molecular flexibility index (Phi) is 5.64. The lowest BCUT2D eigenvalue weighted by molar-refractivity contribution is -0.126. The zero-order chi connectivity index (χ0) is 21.0. The Labute approximate surface area is 166 Å². The van der Waals surface area contributed by atoms with Crippen LogP contribution in [0.1, 0.15) is 5.56 Å². The highest BCUT2D eigenvalue weighted by molar-refractivity contribution is 7.93. The van der Waals surface area contributed by atoms with Crippen molar-refractivity contribution < 1.29 is 13.2 Å². The van der Waals surface area contributed by atoms with Gasteiger partial charge < -0.3 is 0 Å². The van der Waals surface area contributed by atoms with Crippen LogP contribution in [0.2, 0.25) is 0 Å². The highest BCUT2D eigenvalue weighted by atomic mass is 32.2. The zero-order valence-corrected chi connectivity index (χ0v) is 15.7. The Bertz CT molecular complexity index is 1190. The summed E-state index contributed by atoms with van der Waals surface area (Å²) in [6, 6.07) is 14.3. The normalized spacial score (nSPS) is 11.5. The summed E-state index contributed by atoms with van der Waals surface area (Å²) in [5.41, 5.74) is 1.08. The summed E-state index contributed by atoms with van der Waals surface area (Å²) in [7, 11) is -4.07. The number of fused-ring (bicyclic) bond motifs is 1. The highest BCUT2D eigenvalue weighted by Crippen LogP contribution is 2.26. The van der Waals surface area contributed by atoms with Crippen LogP contribution < -0.4 is 16.1 Å². The van der Waals surface area contributed by atoms with Crippen LogP contribution >= 0.6 is 0 Å². The molecular weight excluding hydrogens is 396 g/mol. The average molecular weight is 412 g/mol. The third-order valence-corrected chi connectivity index (χ3v) is 5.63. The molecule has 0 saturated carbocycles. The Balaban J connectivity index is 1.88. The fraction of sp³-hybridized carbons (Fsp3) is 0. The molecule has 3 rings (SSSR count). The van der Waals surface area contributed by atoms with E-state index >= 15 is 0 Å². The molecule has 0 atom stereocenters. The minimum Gasteiger partial charge on any atom is -0.266 e. The minimum atomic E-state index is -4.07. The predicted molar refractivity (Wildman–Crippen MR) is 108 cm³/mol. The molecule has 4 N–H and O–H groups in total. The van der Waals surface area contributed by atoms with Gasteiger partial charge in [0.05, 0.1) is 16.5 Å². The van der Waals surface area contributed by atoms with Gasteiger partial charge in [0.25, 0.3) is 15.9 Å². The quantitative estimate of drug-likeness (QED) is 0.205. The highest BCUT2D eigenvalue weighted by Gasteiger charge is 2.25. The smallest absolute Gasteiger partial charge is 0.266 e. The molecule has 0 aliphatic rings. The Morgan fingerprint density at radius 3 is 2.41 bits per heavy atom. The van der Waals surface area contributed by atoms with Gasteiger partial charge in [-0.3, -0.25) is 9.78 Å². The number of hydrogen-bond donors (Lipinski definition) is 2. The number of anilines is 1. The van der Waals surface area contributed by atoms with Crippen LogP contribution in [0.5, 0.6) is 0 Å². The van der Waals surface area contributed by atoms with E-state index in [2.05, 4.69) is 10.3 Å². The lowest BCUT2D eigenvalue weighted by atomic mass is 10.2. The lowest BCUT2D eigenvalue weighted by Crippen LogP contribution is -2.37. The van der Waals surface area contributed by atoms with E-state index in [1.807, 2.05) is 0 Å². The number of aromatic nitrogens is 1. The molecule has 29 heavy (non-hydrogen) atoms. The molecule has 3 aromatic rings. The van der Waals surface area contributed by atoms with E-state index in [1.165, 1.54) is 30.5 Å². The topological polar surface area (TPSA) is 152 Å². The molecule has 10 nitrogen and oxygen atoms in total. The summed E-state index contributed by atoms with van der Waals surface area (Å²) < 4.78 is 26.7. The molecule has 148 valence electrons. The summed E-state index contributed by atoms with van der Waals surface area (Å²) in [5.74, 6) is 10.1. The Morgan fingerprint density at radius 1 is 1.03 bits per heavy atom. The summed E-state index contributed by atoms with van der Waals surface area (Å²) in [4.78, 5) is 25.7. The van der Waals surface area contributed by atoms with Crippen LogP contribution in [0.15, 0.2) is 77.1 Å². The van der Waals surface area contributed by atoms with E-state index in [0.717, 1.165) is 6.08 Å². The molecule has 2 aromatic carbocycles. The lowest BCUT2D eigenvalue weighted by Gasteiger charge is -2.19. The molecular formula is C18H16N6O4S. The van der Waals surface area contributed by atoms with Gasteiger partial charge in [0.1, 0.15) is 4.90 Å². The maximum atomic E-state index is 13.0. The summed E-state index contributed by atoms with van der Waals surface area (Å²) >= 11 is 0. The number of pyridine rings is 1. The van der Waals surface area contributed by atoms with Crippen LogP contribution in [-0.4, -0.2) is 24.4 Å². The molecule has 0 unspecified atom stereocenters. The maximum absolute atomic E-state index is 13.0. The van der Waals surface area contributed by atoms with Crippen molar-refractivity contribution in [2.45, 2.75) is 4.90 Å². The molecule has 0 aliphatic heterocycles. The van der Waals surface area contributed by atoms with Gasteiger partial charge in [-0.1, -0.05) is 30.3 Å². The van der Waals surface area contributed by atoms with Gasteiger partial charge in [-0.25, -0.2) is 16.1 Å². The maximum Gasteiger partial charge on any atom is 0.284 e. The Morgan fingerprint density at radius 2 is 1.72 bits per heavy atom. The first kappa shape index (κ1) is 20.1. The molecule has 0 aliphatic carbocycles. The molecule has 0 radical (unpaired) electrons. The second kappa shape index (κ2) is 8.14. The van der Waals surface area contributed by atoms with Gasteiger partial charge in [-0.15, -0.1) is 10.0 Å². The number of nitrogens with two attached hydrogens (primary N) is 2. The van der Waals surface area contributed by atoms with Crippen LogP contribution in [-0.2, 0) is 14.8 Å². The number of nitrogens with zero attached hydrogens (tertiary/aromatic N) is 4. The number of nitroso groups, excluding NO2 is 1. The first-order chi connectivity index (χ1) is 13.8. The molecule has 0 spiro atoms. The predicted octanol–water partition coefficient (Wildman–Crippen LogP) is 1.70. The molecule has 1 amide bonds. The number of benzene rings is 2. The fourth-order valence-corrected chi connectivity index (χ4v) is 3.82. The molecule has 0 saturated heterocycles. The molecule has 0 fully saturated rings. The summed E-state index contributed by atoms with van der Waals surface area (Å²) in [6.07, 6.45) is 3.95. The number of sulfonamides is 1. The first-order valence-corrected chi connectivity index (χ1v) is 9.62. The number of carbonyl (C=O) groups excluding carboxylic acids is 1. The van der Waals surface area contributed by atoms with Crippen molar-refractivity contribution in [3.63, 3.8) is 0 Å². The van der Waals surface area contributed by atoms with E-state index in [1.54, 1.807) is 36.4 Å². The summed E-state index contributed by atoms with van der Waals surface area (Å²) in [5, 5.41) is 3.10. The summed E-state index contributed by atoms with van der Waals surface area (Å²) in [6.45, 7) is 0. The number of amides is 1. The van der Waals surface area contributed by atoms with E-state index in [4.69, 9.17) is 11.7 Å². The van der Waals surface area contributed by atoms with Crippen LogP contribution in [0.25, 0.3) is 17.0 Å². The van der Waals surface area contributed by atoms with Crippen molar-refractivity contribution in [3.05, 3.63) is 77.3 Å². The van der Waals surface area contributed by atoms with Crippen molar-refractivity contribution in [2.24, 2.45) is 17.0 Å². The average Bonchev–Trinajstić information content (AvgIpc) is 2.76. The van der Waals surface area contributed by atoms with Gasteiger partial charge in [0.2, 0.25) is 0 Å². The van der Waals surface area contributed by atoms with Crippen molar-refractivity contribution in [1.29, 1.82) is 0 Å². The SMILES string of the molecule is NN(N=O)C(=O)/C=C/c1ccc(N(N)S(=O)(=O)c2cccc3cccnc23)cc1. The monoisotopic (exact) mass is 412 g/mol. The van der Waals surface area contributed by atoms with Crippen molar-refractivity contribution in [1.82, 2.24) is 10.1 Å². The minimum absolute atomic E-state index is 0.0166. The fourth-order valence-electron chi connectivity index (χ4n) is 2.55. The van der Waals surface area contributed by atoms with Crippen molar-refractivity contribution in [2.75, 3.05) is 4.41 Å². The number of para-hydroxylation sites is 1. The standard InChI is InChI=1S/C18H16N6O4S/c19-23(22-26)17(25)11-8-13-6-9-15(10-7-13)24(20)29(27,28)16-5-1-3-14-4-2-12-21-18(14)16/h1-12H,19-20H2/b11-8+. The first-order valence-electron chi connectivity index (χ1n) is 8.18. The van der Waals surface area contributed by atoms with E-state index < -0.39 is 15.9 Å². The van der Waals surface area contributed by atoms with Crippen molar-refractivity contribution in [3.8, 4) is 0 Å². The van der Waals surface area contributed by atoms with E-state index in [-0.39, 0.29) is 15.7 Å². The van der Waals surface area contributed by atoms with Gasteiger partial charge >= 0.3 is 0 Å². The van der Waals surface area contributed by atoms with Gasteiger partial charge in [-0.05, 0) is 35.9 Å². The third kappa shape index (κ3) is 4.11. The second-order valence-corrected chi connectivity index (χ2v) is 7.60. The largest absolute Gasteiger partial charge is 0.284 e. The molecule has 1 aromatic heterocycles. The van der Waals surface area contributed by atoms with E-state index in [0.29, 0.717) is 20.9 Å². The number of carbonyl (C=O) groups is 1. The zero-order valence-electron chi connectivity index (χ0n) is 14.9. The second-order valence-electron chi connectivity index (χ2n) is 5.82. The molecule has 1 heterocycles. The molecule has 0 bridgehead atoms. The third-order valence-electron chi connectivity index (χ3n) is 4.01. The number of hydrazine groups is 2. The number of rotatable bonds is 6. The van der Waals surface area contributed by atoms with Gasteiger partial charge in [0, 0.05) is 17.7 Å².